The normalized spacial score (nSPS) is 38.4. The van der Waals surface area contributed by atoms with Crippen molar-refractivity contribution in [2.75, 3.05) is 0 Å². The van der Waals surface area contributed by atoms with Crippen molar-refractivity contribution < 1.29 is 9.53 Å². The van der Waals surface area contributed by atoms with Crippen LogP contribution in [0.3, 0.4) is 0 Å². The number of hydrogen-bond donors (Lipinski definition) is 0. The molecule has 16 heavy (non-hydrogen) atoms. The molecule has 2 heteroatoms. The number of ether oxygens (including phenoxy) is 1. The monoisotopic (exact) mass is 222 g/mol. The van der Waals surface area contributed by atoms with Gasteiger partial charge in [0.15, 0.2) is 0 Å². The van der Waals surface area contributed by atoms with Crippen molar-refractivity contribution in [2.24, 2.45) is 17.8 Å². The number of esters is 1. The zero-order valence-electron chi connectivity index (χ0n) is 10.6. The van der Waals surface area contributed by atoms with Gasteiger partial charge < -0.3 is 4.74 Å². The van der Waals surface area contributed by atoms with E-state index in [1.807, 2.05) is 0 Å². The molecule has 0 aromatic carbocycles. The molecule has 0 bridgehead atoms. The van der Waals surface area contributed by atoms with Crippen LogP contribution in [0.15, 0.2) is 12.2 Å². The van der Waals surface area contributed by atoms with Crippen molar-refractivity contribution in [2.45, 2.75) is 52.1 Å². The predicted molar refractivity (Wildman–Crippen MR) is 63.9 cm³/mol. The molecular formula is C14H22O2. The van der Waals surface area contributed by atoms with Gasteiger partial charge in [-0.3, -0.25) is 0 Å². The molecule has 2 nitrogen and oxygen atoms in total. The average molecular weight is 222 g/mol. The third-order valence-electron chi connectivity index (χ3n) is 4.51. The lowest BCUT2D eigenvalue weighted by molar-refractivity contribution is -0.162. The van der Waals surface area contributed by atoms with Crippen LogP contribution in [0.4, 0.5) is 0 Å². The molecule has 0 aromatic heterocycles. The van der Waals surface area contributed by atoms with Gasteiger partial charge in [0.2, 0.25) is 0 Å². The van der Waals surface area contributed by atoms with E-state index in [4.69, 9.17) is 4.74 Å². The van der Waals surface area contributed by atoms with Gasteiger partial charge in [0, 0.05) is 5.57 Å². The Balaban J connectivity index is 2.17. The number of hydrogen-bond acceptors (Lipinski definition) is 2. The highest BCUT2D eigenvalue weighted by atomic mass is 16.6. The van der Waals surface area contributed by atoms with Crippen LogP contribution in [0.2, 0.25) is 0 Å². The zero-order valence-corrected chi connectivity index (χ0v) is 10.6. The van der Waals surface area contributed by atoms with Gasteiger partial charge in [-0.05, 0) is 50.4 Å². The first-order valence-corrected chi connectivity index (χ1v) is 6.36. The first kappa shape index (κ1) is 11.7. The Morgan fingerprint density at radius 1 is 1.31 bits per heavy atom. The molecule has 2 saturated carbocycles. The van der Waals surface area contributed by atoms with Gasteiger partial charge in [-0.15, -0.1) is 0 Å². The van der Waals surface area contributed by atoms with Crippen molar-refractivity contribution in [3.8, 4) is 0 Å². The number of carbonyl (C=O) groups excluding carboxylic acids is 1. The lowest BCUT2D eigenvalue weighted by atomic mass is 9.84. The van der Waals surface area contributed by atoms with E-state index in [9.17, 15) is 4.79 Å². The van der Waals surface area contributed by atoms with E-state index in [0.717, 1.165) is 6.42 Å². The fourth-order valence-electron chi connectivity index (χ4n) is 3.05. The molecule has 2 aliphatic carbocycles. The summed E-state index contributed by atoms with van der Waals surface area (Å²) >= 11 is 0. The molecular weight excluding hydrogens is 200 g/mol. The Labute approximate surface area is 98.1 Å². The van der Waals surface area contributed by atoms with Crippen LogP contribution in [-0.2, 0) is 9.53 Å². The third kappa shape index (κ3) is 1.79. The van der Waals surface area contributed by atoms with E-state index in [2.05, 4.69) is 20.4 Å². The van der Waals surface area contributed by atoms with E-state index in [0.29, 0.717) is 23.3 Å². The maximum absolute atomic E-state index is 11.8. The highest BCUT2D eigenvalue weighted by Crippen LogP contribution is 2.55. The molecule has 0 aromatic rings. The van der Waals surface area contributed by atoms with E-state index < -0.39 is 0 Å². The molecule has 0 N–H and O–H groups in total. The smallest absolute Gasteiger partial charge is 0.333 e. The minimum Gasteiger partial charge on any atom is -0.455 e. The van der Waals surface area contributed by atoms with Crippen LogP contribution in [0, 0.1) is 17.8 Å². The van der Waals surface area contributed by atoms with Gasteiger partial charge in [-0.25, -0.2) is 4.79 Å². The molecule has 0 aliphatic heterocycles. The van der Waals surface area contributed by atoms with Gasteiger partial charge in [-0.1, -0.05) is 20.4 Å². The predicted octanol–water partition coefficient (Wildman–Crippen LogP) is 3.32. The summed E-state index contributed by atoms with van der Waals surface area (Å²) in [5, 5.41) is 0. The Bertz CT molecular complexity index is 317. The summed E-state index contributed by atoms with van der Waals surface area (Å²) in [5.41, 5.74) is 0.349. The van der Waals surface area contributed by atoms with E-state index >= 15 is 0 Å². The van der Waals surface area contributed by atoms with Crippen molar-refractivity contribution in [3.05, 3.63) is 12.2 Å². The summed E-state index contributed by atoms with van der Waals surface area (Å²) in [7, 11) is 0. The van der Waals surface area contributed by atoms with Crippen molar-refractivity contribution in [1.29, 1.82) is 0 Å². The molecule has 2 aliphatic rings. The summed E-state index contributed by atoms with van der Waals surface area (Å²) in [4.78, 5) is 11.8. The fraction of sp³-hybridized carbons (Fsp3) is 0.786. The molecule has 2 rings (SSSR count). The lowest BCUT2D eigenvalue weighted by Crippen LogP contribution is -2.41. The van der Waals surface area contributed by atoms with Crippen LogP contribution < -0.4 is 0 Å². The van der Waals surface area contributed by atoms with Crippen LogP contribution in [-0.4, -0.2) is 11.6 Å². The van der Waals surface area contributed by atoms with Gasteiger partial charge in [0.05, 0.1) is 0 Å². The van der Waals surface area contributed by atoms with E-state index in [-0.39, 0.29) is 11.6 Å². The molecule has 0 radical (unpaired) electrons. The highest BCUT2D eigenvalue weighted by Gasteiger charge is 2.56. The van der Waals surface area contributed by atoms with E-state index in [1.54, 1.807) is 6.92 Å². The third-order valence-corrected chi connectivity index (χ3v) is 4.51. The van der Waals surface area contributed by atoms with Gasteiger partial charge >= 0.3 is 5.97 Å². The summed E-state index contributed by atoms with van der Waals surface area (Å²) in [6.45, 7) is 9.91. The molecule has 0 amide bonds. The molecule has 3 atom stereocenters. The van der Waals surface area contributed by atoms with Crippen molar-refractivity contribution in [3.63, 3.8) is 0 Å². The quantitative estimate of drug-likeness (QED) is 0.541. The zero-order chi connectivity index (χ0) is 11.9. The summed E-state index contributed by atoms with van der Waals surface area (Å²) in [5.74, 6) is 1.56. The second-order valence-electron chi connectivity index (χ2n) is 5.70. The second-order valence-corrected chi connectivity index (χ2v) is 5.70. The molecule has 0 heterocycles. The average Bonchev–Trinajstić information content (AvgIpc) is 3.02. The summed E-state index contributed by atoms with van der Waals surface area (Å²) in [6.07, 6.45) is 4.67. The first-order valence-electron chi connectivity index (χ1n) is 6.36. The van der Waals surface area contributed by atoms with Crippen molar-refractivity contribution >= 4 is 5.97 Å². The van der Waals surface area contributed by atoms with E-state index in [1.165, 1.54) is 19.3 Å². The standard InChI is InChI=1S/C14H22O2/c1-9(2)13(15)16-14(12-5-6-12)8-7-10(3)11(14)4/h10-12H,1,5-8H2,2-4H3. The molecule has 90 valence electrons. The van der Waals surface area contributed by atoms with Gasteiger partial charge in [0.25, 0.3) is 0 Å². The maximum atomic E-state index is 11.8. The fourth-order valence-corrected chi connectivity index (χ4v) is 3.05. The van der Waals surface area contributed by atoms with Crippen LogP contribution in [0.5, 0.6) is 0 Å². The van der Waals surface area contributed by atoms with Crippen LogP contribution in [0.1, 0.15) is 46.5 Å². The van der Waals surface area contributed by atoms with Gasteiger partial charge in [-0.2, -0.15) is 0 Å². The molecule has 3 unspecified atom stereocenters. The molecule has 0 saturated heterocycles. The minimum atomic E-state index is -0.201. The first-order chi connectivity index (χ1) is 7.47. The number of rotatable bonds is 3. The second kappa shape index (κ2) is 3.90. The Morgan fingerprint density at radius 3 is 2.31 bits per heavy atom. The maximum Gasteiger partial charge on any atom is 0.333 e. The van der Waals surface area contributed by atoms with Crippen LogP contribution in [0.25, 0.3) is 0 Å². The highest BCUT2D eigenvalue weighted by molar-refractivity contribution is 5.87. The minimum absolute atomic E-state index is 0.171. The lowest BCUT2D eigenvalue weighted by Gasteiger charge is -2.35. The molecule has 0 spiro atoms. The number of carbonyl (C=O) groups is 1. The Hall–Kier alpha value is -0.790. The SMILES string of the molecule is C=C(C)C(=O)OC1(C2CC2)CCC(C)C1C. The van der Waals surface area contributed by atoms with Gasteiger partial charge in [0.1, 0.15) is 5.60 Å². The van der Waals surface area contributed by atoms with Crippen molar-refractivity contribution in [1.82, 2.24) is 0 Å². The summed E-state index contributed by atoms with van der Waals surface area (Å²) < 4.78 is 5.83. The largest absolute Gasteiger partial charge is 0.455 e. The summed E-state index contributed by atoms with van der Waals surface area (Å²) in [6, 6.07) is 0. The topological polar surface area (TPSA) is 26.3 Å². The Morgan fingerprint density at radius 2 is 1.94 bits per heavy atom. The Kier molecular flexibility index (Phi) is 2.85. The van der Waals surface area contributed by atoms with Crippen LogP contribution >= 0.6 is 0 Å². The molecule has 2 fully saturated rings.